The first kappa shape index (κ1) is 15.1. The number of benzene rings is 1. The molecule has 2 heterocycles. The van der Waals surface area contributed by atoms with Gasteiger partial charge in [0.25, 0.3) is 5.91 Å². The van der Waals surface area contributed by atoms with Crippen LogP contribution in [0.2, 0.25) is 0 Å². The third-order valence-electron chi connectivity index (χ3n) is 4.69. The molecule has 0 saturated carbocycles. The van der Waals surface area contributed by atoms with Crippen LogP contribution in [0, 0.1) is 0 Å². The van der Waals surface area contributed by atoms with E-state index in [1.54, 1.807) is 4.90 Å². The SMILES string of the molecule is C[C@H]1CCCC[NH+]1CCCNC(=O)c1cc2ccccc2o1. The van der Waals surface area contributed by atoms with Gasteiger partial charge in [0.05, 0.1) is 19.1 Å². The molecule has 2 atom stereocenters. The summed E-state index contributed by atoms with van der Waals surface area (Å²) in [5.41, 5.74) is 0.763. The number of furan rings is 1. The number of hydrogen-bond donors (Lipinski definition) is 2. The zero-order chi connectivity index (χ0) is 15.4. The number of carbonyl (C=O) groups excluding carboxylic acids is 1. The lowest BCUT2D eigenvalue weighted by Gasteiger charge is -2.30. The fourth-order valence-corrected chi connectivity index (χ4v) is 3.32. The summed E-state index contributed by atoms with van der Waals surface area (Å²) in [4.78, 5) is 13.8. The Morgan fingerprint density at radius 1 is 1.36 bits per heavy atom. The van der Waals surface area contributed by atoms with E-state index in [-0.39, 0.29) is 5.91 Å². The molecule has 1 aromatic heterocycles. The second-order valence-electron chi connectivity index (χ2n) is 6.31. The summed E-state index contributed by atoms with van der Waals surface area (Å²) in [5.74, 6) is 0.290. The lowest BCUT2D eigenvalue weighted by Crippen LogP contribution is -3.16. The Labute approximate surface area is 131 Å². The Kier molecular flexibility index (Phi) is 4.78. The van der Waals surface area contributed by atoms with Crippen LogP contribution in [0.5, 0.6) is 0 Å². The van der Waals surface area contributed by atoms with Crippen LogP contribution in [0.15, 0.2) is 34.7 Å². The summed E-state index contributed by atoms with van der Waals surface area (Å²) in [5, 5.41) is 3.94. The van der Waals surface area contributed by atoms with Crippen molar-refractivity contribution in [1.82, 2.24) is 5.32 Å². The number of amides is 1. The Morgan fingerprint density at radius 3 is 3.05 bits per heavy atom. The van der Waals surface area contributed by atoms with Gasteiger partial charge in [-0.15, -0.1) is 0 Å². The number of fused-ring (bicyclic) bond motifs is 1. The molecule has 1 amide bonds. The summed E-state index contributed by atoms with van der Waals surface area (Å²) >= 11 is 0. The lowest BCUT2D eigenvalue weighted by atomic mass is 10.0. The third-order valence-corrected chi connectivity index (χ3v) is 4.69. The van der Waals surface area contributed by atoms with Crippen LogP contribution >= 0.6 is 0 Å². The first-order valence-corrected chi connectivity index (χ1v) is 8.35. The summed E-state index contributed by atoms with van der Waals surface area (Å²) in [6.45, 7) is 5.47. The molecule has 1 unspecified atom stereocenters. The molecule has 2 N–H and O–H groups in total. The maximum absolute atomic E-state index is 12.1. The van der Waals surface area contributed by atoms with Crippen molar-refractivity contribution in [3.8, 4) is 0 Å². The third kappa shape index (κ3) is 3.50. The van der Waals surface area contributed by atoms with E-state index in [2.05, 4.69) is 12.2 Å². The number of carbonyl (C=O) groups is 1. The smallest absolute Gasteiger partial charge is 0.287 e. The minimum absolute atomic E-state index is 0.113. The normalized spacial score (nSPS) is 21.9. The molecule has 0 spiro atoms. The molecule has 118 valence electrons. The molecule has 1 aromatic carbocycles. The number of piperidine rings is 1. The summed E-state index contributed by atoms with van der Waals surface area (Å²) < 4.78 is 5.58. The molecule has 22 heavy (non-hydrogen) atoms. The molecule has 0 bridgehead atoms. The molecule has 0 radical (unpaired) electrons. The minimum Gasteiger partial charge on any atom is -0.451 e. The van der Waals surface area contributed by atoms with Gasteiger partial charge >= 0.3 is 0 Å². The van der Waals surface area contributed by atoms with Crippen LogP contribution in [-0.4, -0.2) is 31.6 Å². The summed E-state index contributed by atoms with van der Waals surface area (Å²) in [6, 6.07) is 10.3. The topological polar surface area (TPSA) is 46.7 Å². The van der Waals surface area contributed by atoms with E-state index >= 15 is 0 Å². The van der Waals surface area contributed by atoms with Crippen molar-refractivity contribution in [2.45, 2.75) is 38.6 Å². The monoisotopic (exact) mass is 301 g/mol. The zero-order valence-corrected chi connectivity index (χ0v) is 13.2. The van der Waals surface area contributed by atoms with Crippen LogP contribution in [0.4, 0.5) is 0 Å². The van der Waals surface area contributed by atoms with Crippen LogP contribution < -0.4 is 10.2 Å². The fourth-order valence-electron chi connectivity index (χ4n) is 3.32. The van der Waals surface area contributed by atoms with E-state index in [0.717, 1.165) is 30.0 Å². The molecule has 1 fully saturated rings. The van der Waals surface area contributed by atoms with Crippen LogP contribution in [-0.2, 0) is 0 Å². The second-order valence-corrected chi connectivity index (χ2v) is 6.31. The summed E-state index contributed by atoms with van der Waals surface area (Å²) in [7, 11) is 0. The van der Waals surface area contributed by atoms with Gasteiger partial charge < -0.3 is 14.6 Å². The molecule has 0 aliphatic carbocycles. The van der Waals surface area contributed by atoms with Crippen molar-refractivity contribution in [2.75, 3.05) is 19.6 Å². The standard InChI is InChI=1S/C18H24N2O2/c1-14-7-4-5-11-20(14)12-6-10-19-18(21)17-13-15-8-2-3-9-16(15)22-17/h2-3,8-9,13-14H,4-7,10-12H2,1H3,(H,19,21)/p+1/t14-/m0/s1. The van der Waals surface area contributed by atoms with Crippen molar-refractivity contribution < 1.29 is 14.1 Å². The van der Waals surface area contributed by atoms with Gasteiger partial charge in [-0.2, -0.15) is 0 Å². The number of quaternary nitrogens is 1. The molecule has 2 aromatic rings. The highest BCUT2D eigenvalue weighted by Crippen LogP contribution is 2.18. The van der Waals surface area contributed by atoms with Gasteiger partial charge in [0.2, 0.25) is 0 Å². The Hall–Kier alpha value is -1.81. The molecule has 4 nitrogen and oxygen atoms in total. The average Bonchev–Trinajstić information content (AvgIpc) is 2.97. The van der Waals surface area contributed by atoms with E-state index in [4.69, 9.17) is 4.42 Å². The van der Waals surface area contributed by atoms with Crippen molar-refractivity contribution in [2.24, 2.45) is 0 Å². The quantitative estimate of drug-likeness (QED) is 0.830. The van der Waals surface area contributed by atoms with Crippen molar-refractivity contribution >= 4 is 16.9 Å². The predicted molar refractivity (Wildman–Crippen MR) is 87.2 cm³/mol. The Bertz CT molecular complexity index is 602. The maximum atomic E-state index is 12.1. The van der Waals surface area contributed by atoms with Gasteiger partial charge in [0, 0.05) is 18.4 Å². The summed E-state index contributed by atoms with van der Waals surface area (Å²) in [6.07, 6.45) is 5.06. The van der Waals surface area contributed by atoms with Crippen molar-refractivity contribution in [1.29, 1.82) is 0 Å². The van der Waals surface area contributed by atoms with Crippen molar-refractivity contribution in [3.63, 3.8) is 0 Å². The highest BCUT2D eigenvalue weighted by molar-refractivity contribution is 5.95. The van der Waals surface area contributed by atoms with Gasteiger partial charge in [-0.05, 0) is 38.3 Å². The maximum Gasteiger partial charge on any atom is 0.287 e. The Balaban J connectivity index is 1.46. The first-order valence-electron chi connectivity index (χ1n) is 8.35. The van der Waals surface area contributed by atoms with Gasteiger partial charge in [-0.1, -0.05) is 18.2 Å². The lowest BCUT2D eigenvalue weighted by molar-refractivity contribution is -0.928. The van der Waals surface area contributed by atoms with E-state index in [1.165, 1.54) is 25.8 Å². The highest BCUT2D eigenvalue weighted by atomic mass is 16.3. The fraction of sp³-hybridized carbons (Fsp3) is 0.500. The second kappa shape index (κ2) is 6.97. The van der Waals surface area contributed by atoms with E-state index in [1.807, 2.05) is 30.3 Å². The highest BCUT2D eigenvalue weighted by Gasteiger charge is 2.21. The van der Waals surface area contributed by atoms with E-state index in [0.29, 0.717) is 12.3 Å². The molecular weight excluding hydrogens is 276 g/mol. The number of para-hydroxylation sites is 1. The number of hydrogen-bond acceptors (Lipinski definition) is 2. The number of rotatable bonds is 5. The molecule has 1 aliphatic heterocycles. The first-order chi connectivity index (χ1) is 10.7. The van der Waals surface area contributed by atoms with Gasteiger partial charge in [-0.25, -0.2) is 0 Å². The van der Waals surface area contributed by atoms with Crippen LogP contribution in [0.25, 0.3) is 11.0 Å². The average molecular weight is 301 g/mol. The van der Waals surface area contributed by atoms with Gasteiger partial charge in [0.15, 0.2) is 5.76 Å². The van der Waals surface area contributed by atoms with Gasteiger partial charge in [-0.3, -0.25) is 4.79 Å². The predicted octanol–water partition coefficient (Wildman–Crippen LogP) is 2.01. The number of likely N-dealkylation sites (tertiary alicyclic amines) is 1. The zero-order valence-electron chi connectivity index (χ0n) is 13.2. The molecule has 4 heteroatoms. The molecular formula is C18H25N2O2+. The largest absolute Gasteiger partial charge is 0.451 e. The molecule has 1 aliphatic rings. The molecule has 1 saturated heterocycles. The minimum atomic E-state index is -0.113. The van der Waals surface area contributed by atoms with E-state index < -0.39 is 0 Å². The molecule has 3 rings (SSSR count). The van der Waals surface area contributed by atoms with Crippen molar-refractivity contribution in [3.05, 3.63) is 36.1 Å². The van der Waals surface area contributed by atoms with Crippen LogP contribution in [0.3, 0.4) is 0 Å². The van der Waals surface area contributed by atoms with E-state index in [9.17, 15) is 4.79 Å². The van der Waals surface area contributed by atoms with Crippen LogP contribution in [0.1, 0.15) is 43.2 Å². The Morgan fingerprint density at radius 2 is 2.23 bits per heavy atom. The number of nitrogens with one attached hydrogen (secondary N) is 2. The van der Waals surface area contributed by atoms with Gasteiger partial charge in [0.1, 0.15) is 5.58 Å².